The van der Waals surface area contributed by atoms with Crippen LogP contribution in [0.15, 0.2) is 66.7 Å². The maximum atomic E-state index is 15.6. The van der Waals surface area contributed by atoms with Crippen LogP contribution in [0.2, 0.25) is 0 Å². The normalized spacial score (nSPS) is 19.6. The zero-order valence-corrected chi connectivity index (χ0v) is 23.5. The van der Waals surface area contributed by atoms with Gasteiger partial charge in [-0.2, -0.15) is 12.7 Å². The molecule has 0 bridgehead atoms. The van der Waals surface area contributed by atoms with E-state index in [4.69, 9.17) is 9.29 Å². The molecule has 2 heterocycles. The van der Waals surface area contributed by atoms with E-state index in [0.717, 1.165) is 10.4 Å². The van der Waals surface area contributed by atoms with E-state index in [-0.39, 0.29) is 85.8 Å². The number of aliphatic hydroxyl groups is 1. The Morgan fingerprint density at radius 3 is 2.09 bits per heavy atom. The maximum absolute atomic E-state index is 15.6. The first-order valence-corrected chi connectivity index (χ1v) is 14.8. The quantitative estimate of drug-likeness (QED) is 0.218. The summed E-state index contributed by atoms with van der Waals surface area (Å²) in [5, 5.41) is 10.6. The fourth-order valence-corrected chi connectivity index (χ4v) is 5.97. The van der Waals surface area contributed by atoms with Crippen molar-refractivity contribution in [3.8, 4) is 5.75 Å². The van der Waals surface area contributed by atoms with Crippen molar-refractivity contribution in [2.75, 3.05) is 31.1 Å². The molecule has 0 aliphatic carbocycles. The number of amides is 2. The topological polar surface area (TPSA) is 128 Å². The van der Waals surface area contributed by atoms with E-state index in [1.54, 1.807) is 0 Å². The van der Waals surface area contributed by atoms with Crippen LogP contribution in [0.25, 0.3) is 0 Å². The number of hydrogen-bond acceptors (Lipinski definition) is 6. The molecule has 15 heteroatoms. The van der Waals surface area contributed by atoms with E-state index in [2.05, 4.69) is 0 Å². The number of β-lactam (4-membered cyclic amide) rings is 1. The Morgan fingerprint density at radius 1 is 0.932 bits per heavy atom. The predicted octanol–water partition coefficient (Wildman–Crippen LogP) is 3.59. The first-order chi connectivity index (χ1) is 20.4. The van der Waals surface area contributed by atoms with Gasteiger partial charge in [0, 0.05) is 43.5 Å². The van der Waals surface area contributed by atoms with Crippen molar-refractivity contribution in [2.45, 2.75) is 25.0 Å². The molecule has 2 N–H and O–H groups in total. The Balaban J connectivity index is 0.00000442. The van der Waals surface area contributed by atoms with Gasteiger partial charge in [-0.3, -0.25) is 9.35 Å². The summed E-state index contributed by atoms with van der Waals surface area (Å²) in [6, 6.07) is 13.4. The molecule has 0 spiro atoms. The second-order valence-electron chi connectivity index (χ2n) is 10.3. The van der Waals surface area contributed by atoms with Crippen LogP contribution in [0.5, 0.6) is 5.75 Å². The van der Waals surface area contributed by atoms with Crippen LogP contribution in [0.4, 0.5) is 23.7 Å². The molecule has 3 atom stereocenters. The standard InChI is InChI=1S/C29H28F3N3O7S.Na.H/c30-19-3-1-18(2-4-19)26(36)12-11-24-27(35(28(24)37)21-7-5-20(31)6-8-21)23-10-9-22(17-25(23)32)42-29(38)33-13-15-34(16-14-33)43(39,40)41;;/h1-10,17,24,26-27,36H,11-16H2,(H,39,40,41);;/t24-,26+,27-;;/m1../s1. The summed E-state index contributed by atoms with van der Waals surface area (Å²) in [5.74, 6) is -2.93. The van der Waals surface area contributed by atoms with Gasteiger partial charge in [0.1, 0.15) is 23.2 Å². The van der Waals surface area contributed by atoms with Crippen molar-refractivity contribution >= 4 is 57.5 Å². The van der Waals surface area contributed by atoms with Gasteiger partial charge >= 0.3 is 46.0 Å². The molecule has 0 radical (unpaired) electrons. The van der Waals surface area contributed by atoms with Crippen molar-refractivity contribution in [3.05, 3.63) is 95.3 Å². The van der Waals surface area contributed by atoms with Crippen LogP contribution < -0.4 is 9.64 Å². The third-order valence-electron chi connectivity index (χ3n) is 7.64. The first kappa shape index (κ1) is 33.9. The Bertz CT molecular complexity index is 1610. The second-order valence-corrected chi connectivity index (χ2v) is 11.7. The number of anilines is 1. The molecule has 2 fully saturated rings. The monoisotopic (exact) mass is 643 g/mol. The van der Waals surface area contributed by atoms with E-state index in [9.17, 15) is 31.9 Å². The van der Waals surface area contributed by atoms with Gasteiger partial charge in [-0.15, -0.1) is 0 Å². The van der Waals surface area contributed by atoms with Crippen molar-refractivity contribution in [1.82, 2.24) is 9.21 Å². The third kappa shape index (κ3) is 7.45. The van der Waals surface area contributed by atoms with Crippen molar-refractivity contribution in [1.29, 1.82) is 0 Å². The van der Waals surface area contributed by atoms with E-state index in [1.165, 1.54) is 70.5 Å². The average molecular weight is 644 g/mol. The van der Waals surface area contributed by atoms with Gasteiger partial charge in [0.05, 0.1) is 18.1 Å². The van der Waals surface area contributed by atoms with Crippen LogP contribution >= 0.6 is 0 Å². The van der Waals surface area contributed by atoms with Crippen LogP contribution in [-0.2, 0) is 15.1 Å². The average Bonchev–Trinajstić information content (AvgIpc) is 2.97. The Hall–Kier alpha value is -2.98. The minimum atomic E-state index is -4.38. The van der Waals surface area contributed by atoms with E-state index in [1.807, 2.05) is 0 Å². The zero-order valence-electron chi connectivity index (χ0n) is 22.6. The van der Waals surface area contributed by atoms with Gasteiger partial charge in [0.2, 0.25) is 5.91 Å². The minimum absolute atomic E-state index is 0. The summed E-state index contributed by atoms with van der Waals surface area (Å²) in [5.41, 5.74) is 0.939. The van der Waals surface area contributed by atoms with Gasteiger partial charge in [-0.25, -0.2) is 18.0 Å². The number of hydrogen-bond donors (Lipinski definition) is 2. The number of nitrogens with zero attached hydrogens (tertiary/aromatic N) is 3. The molecule has 2 saturated heterocycles. The molecule has 0 unspecified atom stereocenters. The molecule has 2 aliphatic heterocycles. The summed E-state index contributed by atoms with van der Waals surface area (Å²) in [4.78, 5) is 28.4. The van der Waals surface area contributed by atoms with Crippen molar-refractivity contribution < 1.29 is 45.6 Å². The molecule has 2 amide bonds. The fraction of sp³-hybridized carbons (Fsp3) is 0.310. The number of carbonyl (C=O) groups excluding carboxylic acids is 2. The molecular weight excluding hydrogens is 614 g/mol. The number of carbonyl (C=O) groups is 2. The summed E-state index contributed by atoms with van der Waals surface area (Å²) in [7, 11) is -4.38. The van der Waals surface area contributed by atoms with Gasteiger partial charge in [-0.05, 0) is 60.9 Å². The number of rotatable bonds is 8. The summed E-state index contributed by atoms with van der Waals surface area (Å²) in [6.45, 7) is -0.344. The molecule has 3 aromatic carbocycles. The van der Waals surface area contributed by atoms with Crippen LogP contribution in [0.3, 0.4) is 0 Å². The van der Waals surface area contributed by atoms with Crippen LogP contribution in [0.1, 0.15) is 36.1 Å². The van der Waals surface area contributed by atoms with Gasteiger partial charge < -0.3 is 19.6 Å². The van der Waals surface area contributed by atoms with Crippen LogP contribution in [0, 0.1) is 23.4 Å². The molecule has 0 aromatic heterocycles. The number of piperazine rings is 1. The Labute approximate surface area is 274 Å². The van der Waals surface area contributed by atoms with E-state index < -0.39 is 51.9 Å². The van der Waals surface area contributed by atoms with Gasteiger partial charge in [0.15, 0.2) is 0 Å². The fourth-order valence-electron chi connectivity index (χ4n) is 5.34. The molecule has 0 saturated carbocycles. The summed E-state index contributed by atoms with van der Waals surface area (Å²) < 4.78 is 80.2. The molecule has 10 nitrogen and oxygen atoms in total. The van der Waals surface area contributed by atoms with Crippen LogP contribution in [-0.4, -0.2) is 95.0 Å². The SMILES string of the molecule is O=C(Oc1ccc([C@@H]2[C@@H](CC[C@H](O)c3ccc(F)cc3)C(=O)N2c2ccc(F)cc2)c(F)c1)N1CCN(S(=O)(=O)O)CC1.[NaH]. The van der Waals surface area contributed by atoms with E-state index in [0.29, 0.717) is 11.3 Å². The summed E-state index contributed by atoms with van der Waals surface area (Å²) in [6.07, 6.45) is -1.51. The molecule has 5 rings (SSSR count). The number of aliphatic hydroxyl groups excluding tert-OH is 1. The molecule has 230 valence electrons. The Kier molecular flexibility index (Phi) is 10.8. The number of ether oxygens (including phenoxy) is 1. The Morgan fingerprint density at radius 2 is 1.52 bits per heavy atom. The second kappa shape index (κ2) is 14.0. The van der Waals surface area contributed by atoms with Crippen molar-refractivity contribution in [2.24, 2.45) is 5.92 Å². The number of benzene rings is 3. The molecular formula is C29H29F3N3NaO7S. The van der Waals surface area contributed by atoms with Crippen molar-refractivity contribution in [3.63, 3.8) is 0 Å². The molecule has 2 aliphatic rings. The molecule has 3 aromatic rings. The third-order valence-corrected chi connectivity index (χ3v) is 8.66. The first-order valence-electron chi connectivity index (χ1n) is 13.4. The van der Waals surface area contributed by atoms with Gasteiger partial charge in [-0.1, -0.05) is 18.2 Å². The predicted molar refractivity (Wildman–Crippen MR) is 155 cm³/mol. The zero-order chi connectivity index (χ0) is 30.9. The van der Waals surface area contributed by atoms with E-state index >= 15 is 4.39 Å². The number of halogens is 3. The van der Waals surface area contributed by atoms with Gasteiger partial charge in [0.25, 0.3) is 0 Å². The summed E-state index contributed by atoms with van der Waals surface area (Å²) >= 11 is 0. The molecule has 44 heavy (non-hydrogen) atoms.